The van der Waals surface area contributed by atoms with Crippen LogP contribution in [0.15, 0.2) is 35.5 Å². The number of ether oxygens (including phenoxy) is 1. The Labute approximate surface area is 165 Å². The molecular weight excluding hydrogens is 356 g/mol. The summed E-state index contributed by atoms with van der Waals surface area (Å²) in [6.45, 7) is 8.31. The Balaban J connectivity index is 1.78. The number of aromatic nitrogens is 2. The fourth-order valence-corrected chi connectivity index (χ4v) is 5.68. The van der Waals surface area contributed by atoms with Gasteiger partial charge >= 0.3 is 0 Å². The van der Waals surface area contributed by atoms with Gasteiger partial charge < -0.3 is 14.2 Å². The van der Waals surface area contributed by atoms with Gasteiger partial charge in [-0.1, -0.05) is 24.8 Å². The van der Waals surface area contributed by atoms with E-state index in [1.807, 2.05) is 24.0 Å². The zero-order valence-electron chi connectivity index (χ0n) is 16.6. The van der Waals surface area contributed by atoms with Crippen molar-refractivity contribution in [1.29, 1.82) is 0 Å². The van der Waals surface area contributed by atoms with Crippen molar-refractivity contribution in [2.45, 2.75) is 51.9 Å². The van der Waals surface area contributed by atoms with Gasteiger partial charge in [-0.3, -0.25) is 9.98 Å². The monoisotopic (exact) mass is 384 g/mol. The Bertz CT molecular complexity index is 832. The van der Waals surface area contributed by atoms with Gasteiger partial charge in [-0.2, -0.15) is 0 Å². The van der Waals surface area contributed by atoms with Crippen molar-refractivity contribution >= 4 is 16.9 Å². The minimum atomic E-state index is 0.0550. The third-order valence-electron chi connectivity index (χ3n) is 5.78. The minimum Gasteiger partial charge on any atom is -0.383 e. The van der Waals surface area contributed by atoms with E-state index in [0.29, 0.717) is 6.04 Å². The van der Waals surface area contributed by atoms with E-state index in [4.69, 9.17) is 9.73 Å². The molecule has 2 aromatic rings. The van der Waals surface area contributed by atoms with E-state index in [1.165, 1.54) is 22.1 Å². The van der Waals surface area contributed by atoms with Crippen LogP contribution in [0.5, 0.6) is 0 Å². The highest BCUT2D eigenvalue weighted by molar-refractivity contribution is 8.14. The molecule has 0 unspecified atom stereocenters. The number of hydrogen-bond donors (Lipinski definition) is 0. The molecule has 4 heterocycles. The number of methoxy groups -OCH3 is 1. The van der Waals surface area contributed by atoms with Crippen LogP contribution >= 0.6 is 11.8 Å². The third-order valence-corrected chi connectivity index (χ3v) is 6.91. The third kappa shape index (κ3) is 3.19. The van der Waals surface area contributed by atoms with Crippen LogP contribution in [0.1, 0.15) is 48.1 Å². The number of amidine groups is 1. The predicted octanol–water partition coefficient (Wildman–Crippen LogP) is 4.13. The number of aliphatic imine (C=N–C) groups is 1. The van der Waals surface area contributed by atoms with E-state index in [-0.39, 0.29) is 12.1 Å². The first kappa shape index (κ1) is 18.6. The summed E-state index contributed by atoms with van der Waals surface area (Å²) in [6, 6.07) is 9.31. The molecule has 0 spiro atoms. The molecule has 1 fully saturated rings. The standard InChI is InChI=1S/C21H28N4OS/c1-5-16-13-27-21-23-19(18-8-6-7-9-22-18)20(25(16)21)17-12-14(2)24(15(17)3)10-11-26-4/h6-9,12,16,19-20H,5,10-11,13H2,1-4H3/t16-,19-,20+/m0/s1. The average Bonchev–Trinajstić information content (AvgIpc) is 3.33. The Hall–Kier alpha value is -1.79. The lowest BCUT2D eigenvalue weighted by atomic mass is 9.95. The quantitative estimate of drug-likeness (QED) is 0.751. The molecule has 0 radical (unpaired) electrons. The number of fused-ring (bicyclic) bond motifs is 1. The van der Waals surface area contributed by atoms with Crippen molar-refractivity contribution in [1.82, 2.24) is 14.5 Å². The van der Waals surface area contributed by atoms with E-state index < -0.39 is 0 Å². The molecule has 0 amide bonds. The van der Waals surface area contributed by atoms with Crippen LogP contribution in [0.3, 0.4) is 0 Å². The van der Waals surface area contributed by atoms with Crippen molar-refractivity contribution in [2.75, 3.05) is 19.5 Å². The smallest absolute Gasteiger partial charge is 0.160 e. The van der Waals surface area contributed by atoms with Gasteiger partial charge in [-0.15, -0.1) is 0 Å². The summed E-state index contributed by atoms with van der Waals surface area (Å²) >= 11 is 1.89. The predicted molar refractivity (Wildman–Crippen MR) is 111 cm³/mol. The number of rotatable bonds is 6. The molecule has 1 saturated heterocycles. The highest BCUT2D eigenvalue weighted by atomic mass is 32.2. The van der Waals surface area contributed by atoms with E-state index in [2.05, 4.69) is 53.4 Å². The average molecular weight is 385 g/mol. The molecule has 6 heteroatoms. The van der Waals surface area contributed by atoms with E-state index in [1.54, 1.807) is 7.11 Å². The van der Waals surface area contributed by atoms with Gasteiger partial charge in [0.05, 0.1) is 18.3 Å². The summed E-state index contributed by atoms with van der Waals surface area (Å²) in [4.78, 5) is 12.3. The zero-order valence-corrected chi connectivity index (χ0v) is 17.4. The highest BCUT2D eigenvalue weighted by Crippen LogP contribution is 2.49. The molecule has 4 rings (SSSR count). The largest absolute Gasteiger partial charge is 0.383 e. The second-order valence-electron chi connectivity index (χ2n) is 7.31. The summed E-state index contributed by atoms with van der Waals surface area (Å²) in [6.07, 6.45) is 3.02. The first-order chi connectivity index (χ1) is 13.2. The molecule has 0 N–H and O–H groups in total. The molecule has 5 nitrogen and oxygen atoms in total. The van der Waals surface area contributed by atoms with Gasteiger partial charge in [0.15, 0.2) is 5.17 Å². The SMILES string of the molecule is CC[C@H]1CSC2=N[C@@H](c3ccccn3)[C@@H](c3cc(C)n(CCOC)c3C)N21. The topological polar surface area (TPSA) is 42.6 Å². The van der Waals surface area contributed by atoms with E-state index in [0.717, 1.165) is 31.0 Å². The van der Waals surface area contributed by atoms with E-state index in [9.17, 15) is 0 Å². The molecule has 3 atom stereocenters. The van der Waals surface area contributed by atoms with Crippen molar-refractivity contribution in [2.24, 2.45) is 4.99 Å². The Morgan fingerprint density at radius 1 is 1.30 bits per heavy atom. The summed E-state index contributed by atoms with van der Waals surface area (Å²) in [7, 11) is 1.76. The van der Waals surface area contributed by atoms with Crippen LogP contribution in [-0.2, 0) is 11.3 Å². The first-order valence-electron chi connectivity index (χ1n) is 9.71. The molecule has 0 aliphatic carbocycles. The molecule has 2 aliphatic rings. The number of aryl methyl sites for hydroxylation is 1. The molecule has 0 saturated carbocycles. The first-order valence-corrected chi connectivity index (χ1v) is 10.7. The van der Waals surface area contributed by atoms with Gasteiger partial charge in [-0.25, -0.2) is 0 Å². The van der Waals surface area contributed by atoms with Crippen LogP contribution in [0.25, 0.3) is 0 Å². The molecule has 2 aromatic heterocycles. The van der Waals surface area contributed by atoms with Crippen molar-refractivity contribution < 1.29 is 4.74 Å². The normalized spacial score (nSPS) is 24.4. The fourth-order valence-electron chi connectivity index (χ4n) is 4.34. The van der Waals surface area contributed by atoms with Gasteiger partial charge in [0.2, 0.25) is 0 Å². The molecule has 0 aromatic carbocycles. The molecule has 0 bridgehead atoms. The lowest BCUT2D eigenvalue weighted by molar-refractivity contribution is 0.186. The van der Waals surface area contributed by atoms with Crippen LogP contribution < -0.4 is 0 Å². The van der Waals surface area contributed by atoms with E-state index >= 15 is 0 Å². The van der Waals surface area contributed by atoms with Gasteiger partial charge in [-0.05, 0) is 44.0 Å². The second-order valence-corrected chi connectivity index (χ2v) is 8.29. The maximum Gasteiger partial charge on any atom is 0.160 e. The van der Waals surface area contributed by atoms with Crippen LogP contribution in [-0.4, -0.2) is 45.1 Å². The summed E-state index contributed by atoms with van der Waals surface area (Å²) in [5, 5.41) is 1.18. The van der Waals surface area contributed by atoms with Gasteiger partial charge in [0, 0.05) is 43.0 Å². The van der Waals surface area contributed by atoms with Crippen LogP contribution in [0.4, 0.5) is 0 Å². The lowest BCUT2D eigenvalue weighted by Crippen LogP contribution is -2.35. The lowest BCUT2D eigenvalue weighted by Gasteiger charge is -2.32. The number of thioether (sulfide) groups is 1. The summed E-state index contributed by atoms with van der Waals surface area (Å²) in [5.41, 5.74) is 5.03. The van der Waals surface area contributed by atoms with Crippen LogP contribution in [0.2, 0.25) is 0 Å². The van der Waals surface area contributed by atoms with Crippen LogP contribution in [0, 0.1) is 13.8 Å². The van der Waals surface area contributed by atoms with Gasteiger partial charge in [0.1, 0.15) is 6.04 Å². The minimum absolute atomic E-state index is 0.0550. The summed E-state index contributed by atoms with van der Waals surface area (Å²) in [5.74, 6) is 1.13. The Kier molecular flexibility index (Phi) is 5.28. The number of pyridine rings is 1. The Morgan fingerprint density at radius 3 is 2.85 bits per heavy atom. The van der Waals surface area contributed by atoms with Gasteiger partial charge in [0.25, 0.3) is 0 Å². The maximum absolute atomic E-state index is 5.32. The van der Waals surface area contributed by atoms with Crippen molar-refractivity contribution in [3.8, 4) is 0 Å². The zero-order chi connectivity index (χ0) is 19.0. The van der Waals surface area contributed by atoms with Crippen molar-refractivity contribution in [3.63, 3.8) is 0 Å². The molecule has 2 aliphatic heterocycles. The van der Waals surface area contributed by atoms with Crippen molar-refractivity contribution in [3.05, 3.63) is 53.1 Å². The highest BCUT2D eigenvalue weighted by Gasteiger charge is 2.46. The number of nitrogens with zero attached hydrogens (tertiary/aromatic N) is 4. The molecular formula is C21H28N4OS. The fraction of sp³-hybridized carbons (Fsp3) is 0.524. The molecule has 144 valence electrons. The molecule has 27 heavy (non-hydrogen) atoms. The maximum atomic E-state index is 5.32. The summed E-state index contributed by atoms with van der Waals surface area (Å²) < 4.78 is 7.69. The second kappa shape index (κ2) is 7.68. The number of hydrogen-bond acceptors (Lipinski definition) is 5. The Morgan fingerprint density at radius 2 is 2.15 bits per heavy atom.